The van der Waals surface area contributed by atoms with E-state index in [1.165, 1.54) is 12.1 Å². The van der Waals surface area contributed by atoms with Gasteiger partial charge in [0.15, 0.2) is 17.6 Å². The standard InChI is InChI=1S/C20H14FN2O/c1-12-6-9-16-19(17(12)15-5-3-4-10-23(15)2)18-13(11-22)7-8-14(21)20(18)24-16/h3-10H,1-2H3/q+1. The number of halogens is 1. The molecule has 0 aliphatic carbocycles. The smallest absolute Gasteiger partial charge is 0.213 e. The highest BCUT2D eigenvalue weighted by atomic mass is 19.1. The third-order valence-corrected chi connectivity index (χ3v) is 4.38. The van der Waals surface area contributed by atoms with Gasteiger partial charge in [-0.25, -0.2) is 8.96 Å². The van der Waals surface area contributed by atoms with E-state index in [-0.39, 0.29) is 5.58 Å². The number of nitriles is 1. The van der Waals surface area contributed by atoms with Crippen LogP contribution in [0.3, 0.4) is 0 Å². The van der Waals surface area contributed by atoms with Crippen LogP contribution in [0.1, 0.15) is 11.1 Å². The summed E-state index contributed by atoms with van der Waals surface area (Å²) in [4.78, 5) is 0. The molecule has 3 nitrogen and oxygen atoms in total. The summed E-state index contributed by atoms with van der Waals surface area (Å²) in [6.45, 7) is 2.01. The first-order valence-electron chi connectivity index (χ1n) is 7.61. The molecule has 0 radical (unpaired) electrons. The molecule has 0 aliphatic rings. The van der Waals surface area contributed by atoms with Crippen LogP contribution in [0.5, 0.6) is 0 Å². The second kappa shape index (κ2) is 5.17. The molecular weight excluding hydrogens is 303 g/mol. The molecule has 2 heterocycles. The number of pyridine rings is 1. The zero-order chi connectivity index (χ0) is 16.8. The molecule has 0 saturated carbocycles. The van der Waals surface area contributed by atoms with Crippen LogP contribution in [0.25, 0.3) is 33.2 Å². The molecule has 2 aromatic heterocycles. The maximum atomic E-state index is 14.2. The van der Waals surface area contributed by atoms with E-state index in [0.717, 1.165) is 22.2 Å². The number of aromatic nitrogens is 1. The fourth-order valence-corrected chi connectivity index (χ4v) is 3.24. The number of benzene rings is 2. The Bertz CT molecular complexity index is 1150. The van der Waals surface area contributed by atoms with E-state index in [9.17, 15) is 9.65 Å². The number of nitrogens with zero attached hydrogens (tertiary/aromatic N) is 2. The van der Waals surface area contributed by atoms with Crippen molar-refractivity contribution < 1.29 is 13.4 Å². The van der Waals surface area contributed by atoms with Crippen LogP contribution in [0.2, 0.25) is 0 Å². The molecule has 0 bridgehead atoms. The molecule has 0 unspecified atom stereocenters. The van der Waals surface area contributed by atoms with Crippen LogP contribution in [0.15, 0.2) is 53.1 Å². The summed E-state index contributed by atoms with van der Waals surface area (Å²) in [5, 5.41) is 10.8. The van der Waals surface area contributed by atoms with E-state index in [1.807, 2.05) is 55.1 Å². The van der Waals surface area contributed by atoms with E-state index in [4.69, 9.17) is 4.42 Å². The van der Waals surface area contributed by atoms with Gasteiger partial charge < -0.3 is 4.42 Å². The first-order valence-corrected chi connectivity index (χ1v) is 7.61. The topological polar surface area (TPSA) is 40.8 Å². The summed E-state index contributed by atoms with van der Waals surface area (Å²) in [7, 11) is 1.96. The Morgan fingerprint density at radius 3 is 2.67 bits per heavy atom. The van der Waals surface area contributed by atoms with Crippen LogP contribution < -0.4 is 4.57 Å². The zero-order valence-electron chi connectivity index (χ0n) is 13.3. The van der Waals surface area contributed by atoms with Gasteiger partial charge in [-0.2, -0.15) is 5.26 Å². The molecule has 0 saturated heterocycles. The molecule has 0 atom stereocenters. The second-order valence-electron chi connectivity index (χ2n) is 5.84. The Balaban J connectivity index is 2.28. The SMILES string of the molecule is Cc1ccc2oc3c(F)ccc(C#N)c3c2c1-c1cccc[n+]1C. The van der Waals surface area contributed by atoms with Crippen LogP contribution in [0, 0.1) is 24.1 Å². The molecule has 116 valence electrons. The summed E-state index contributed by atoms with van der Waals surface area (Å²) >= 11 is 0. The third kappa shape index (κ3) is 1.92. The Kier molecular flexibility index (Phi) is 3.10. The van der Waals surface area contributed by atoms with Gasteiger partial charge in [-0.3, -0.25) is 0 Å². The van der Waals surface area contributed by atoms with Crippen molar-refractivity contribution in [2.75, 3.05) is 0 Å². The predicted octanol–water partition coefficient (Wildman–Crippen LogP) is 4.40. The summed E-state index contributed by atoms with van der Waals surface area (Å²) in [5.74, 6) is -0.457. The minimum atomic E-state index is -0.457. The van der Waals surface area contributed by atoms with Gasteiger partial charge >= 0.3 is 0 Å². The number of hydrogen-bond acceptors (Lipinski definition) is 2. The van der Waals surface area contributed by atoms with E-state index in [2.05, 4.69) is 6.07 Å². The Morgan fingerprint density at radius 2 is 1.92 bits per heavy atom. The zero-order valence-corrected chi connectivity index (χ0v) is 13.3. The molecule has 24 heavy (non-hydrogen) atoms. The molecule has 0 fully saturated rings. The maximum Gasteiger partial charge on any atom is 0.213 e. The molecule has 4 aromatic rings. The van der Waals surface area contributed by atoms with Gasteiger partial charge in [-0.1, -0.05) is 6.07 Å². The van der Waals surface area contributed by atoms with Gasteiger partial charge in [0, 0.05) is 22.9 Å². The van der Waals surface area contributed by atoms with Crippen molar-refractivity contribution in [2.45, 2.75) is 6.92 Å². The van der Waals surface area contributed by atoms with Gasteiger partial charge in [0.1, 0.15) is 12.6 Å². The van der Waals surface area contributed by atoms with Crippen molar-refractivity contribution in [3.05, 3.63) is 65.6 Å². The highest BCUT2D eigenvalue weighted by molar-refractivity contribution is 6.14. The van der Waals surface area contributed by atoms with Gasteiger partial charge in [-0.05, 0) is 36.8 Å². The first kappa shape index (κ1) is 14.4. The number of hydrogen-bond donors (Lipinski definition) is 0. The lowest BCUT2D eigenvalue weighted by atomic mass is 9.96. The fraction of sp³-hybridized carbons (Fsp3) is 0.100. The van der Waals surface area contributed by atoms with Gasteiger partial charge in [0.05, 0.1) is 17.2 Å². The van der Waals surface area contributed by atoms with E-state index < -0.39 is 5.82 Å². The molecule has 0 spiro atoms. The Hall–Kier alpha value is -3.19. The van der Waals surface area contributed by atoms with Crippen LogP contribution in [-0.4, -0.2) is 0 Å². The van der Waals surface area contributed by atoms with Crippen LogP contribution >= 0.6 is 0 Å². The molecule has 4 heteroatoms. The van der Waals surface area contributed by atoms with Crippen LogP contribution in [-0.2, 0) is 7.05 Å². The van der Waals surface area contributed by atoms with Gasteiger partial charge in [-0.15, -0.1) is 0 Å². The van der Waals surface area contributed by atoms with Gasteiger partial charge in [0.2, 0.25) is 5.69 Å². The minimum absolute atomic E-state index is 0.134. The van der Waals surface area contributed by atoms with E-state index in [1.54, 1.807) is 0 Å². The molecule has 0 amide bonds. The highest BCUT2D eigenvalue weighted by Crippen LogP contribution is 2.39. The van der Waals surface area contributed by atoms with E-state index in [0.29, 0.717) is 16.5 Å². The monoisotopic (exact) mass is 317 g/mol. The highest BCUT2D eigenvalue weighted by Gasteiger charge is 2.23. The minimum Gasteiger partial charge on any atom is -0.453 e. The largest absolute Gasteiger partial charge is 0.453 e. The van der Waals surface area contributed by atoms with Crippen molar-refractivity contribution in [1.82, 2.24) is 0 Å². The summed E-state index contributed by atoms with van der Waals surface area (Å²) in [6, 6.07) is 14.6. The van der Waals surface area contributed by atoms with Crippen molar-refractivity contribution in [2.24, 2.45) is 7.05 Å². The average molecular weight is 317 g/mol. The predicted molar refractivity (Wildman–Crippen MR) is 89.7 cm³/mol. The summed E-state index contributed by atoms with van der Waals surface area (Å²) in [5.41, 5.74) is 4.11. The lowest BCUT2D eigenvalue weighted by molar-refractivity contribution is -0.660. The van der Waals surface area contributed by atoms with Crippen molar-refractivity contribution in [3.8, 4) is 17.3 Å². The fourth-order valence-electron chi connectivity index (χ4n) is 3.24. The quantitative estimate of drug-likeness (QED) is 0.488. The van der Waals surface area contributed by atoms with Crippen molar-refractivity contribution in [1.29, 1.82) is 5.26 Å². The molecular formula is C20H14FN2O+. The molecule has 0 aliphatic heterocycles. The van der Waals surface area contributed by atoms with Gasteiger partial charge in [0.25, 0.3) is 0 Å². The average Bonchev–Trinajstić information content (AvgIpc) is 2.97. The Morgan fingerprint density at radius 1 is 1.08 bits per heavy atom. The first-order chi connectivity index (χ1) is 11.6. The van der Waals surface area contributed by atoms with Crippen molar-refractivity contribution >= 4 is 21.9 Å². The van der Waals surface area contributed by atoms with Crippen molar-refractivity contribution in [3.63, 3.8) is 0 Å². The normalized spacial score (nSPS) is 11.1. The molecule has 2 aromatic carbocycles. The second-order valence-corrected chi connectivity index (χ2v) is 5.84. The number of aryl methyl sites for hydroxylation is 2. The third-order valence-electron chi connectivity index (χ3n) is 4.38. The lowest BCUT2D eigenvalue weighted by Crippen LogP contribution is -2.30. The summed E-state index contributed by atoms with van der Waals surface area (Å²) < 4.78 is 22.0. The van der Waals surface area contributed by atoms with E-state index >= 15 is 0 Å². The molecule has 4 rings (SSSR count). The number of fused-ring (bicyclic) bond motifs is 3. The lowest BCUT2D eigenvalue weighted by Gasteiger charge is -2.06. The maximum absolute atomic E-state index is 14.2. The summed E-state index contributed by atoms with van der Waals surface area (Å²) in [6.07, 6.45) is 1.96. The number of furan rings is 1. The van der Waals surface area contributed by atoms with Crippen LogP contribution in [0.4, 0.5) is 4.39 Å². The number of rotatable bonds is 1. The Labute approximate surface area is 138 Å². The molecule has 0 N–H and O–H groups in total.